The van der Waals surface area contributed by atoms with Gasteiger partial charge in [0.2, 0.25) is 5.88 Å². The van der Waals surface area contributed by atoms with Gasteiger partial charge in [0.05, 0.1) is 23.3 Å². The lowest BCUT2D eigenvalue weighted by Crippen LogP contribution is -2.45. The van der Waals surface area contributed by atoms with Crippen LogP contribution in [-0.4, -0.2) is 34.2 Å². The fourth-order valence-electron chi connectivity index (χ4n) is 4.64. The van der Waals surface area contributed by atoms with Gasteiger partial charge in [0.1, 0.15) is 11.9 Å². The molecule has 0 spiro atoms. The maximum atomic E-state index is 14.8. The molecule has 2 N–H and O–H groups in total. The van der Waals surface area contributed by atoms with E-state index in [1.165, 1.54) is 12.3 Å². The van der Waals surface area contributed by atoms with Crippen LogP contribution in [0.15, 0.2) is 30.5 Å². The van der Waals surface area contributed by atoms with Crippen molar-refractivity contribution in [3.05, 3.63) is 47.4 Å². The van der Waals surface area contributed by atoms with Crippen molar-refractivity contribution in [3.8, 4) is 17.0 Å². The Morgan fingerprint density at radius 3 is 2.41 bits per heavy atom. The van der Waals surface area contributed by atoms with Crippen molar-refractivity contribution in [3.63, 3.8) is 0 Å². The molecule has 0 unspecified atom stereocenters. The van der Waals surface area contributed by atoms with E-state index in [2.05, 4.69) is 10.3 Å². The largest absolute Gasteiger partial charge is 0.474 e. The molecular formula is C25H28F4N2O3. The van der Waals surface area contributed by atoms with Gasteiger partial charge in [-0.2, -0.15) is 13.2 Å². The van der Waals surface area contributed by atoms with Gasteiger partial charge in [0, 0.05) is 17.3 Å². The SMILES string of the molecule is O=C(N[C@@H]1CCCC[C@H]1O)c1cnc(OC2CCCCC2)c(-c2cc(C(F)(F)F)ccc2F)c1. The zero-order valence-corrected chi connectivity index (χ0v) is 18.7. The van der Waals surface area contributed by atoms with Gasteiger partial charge < -0.3 is 15.2 Å². The number of carbonyl (C=O) groups excluding carboxylic acids is 1. The molecule has 9 heteroatoms. The first-order valence-electron chi connectivity index (χ1n) is 11.7. The summed E-state index contributed by atoms with van der Waals surface area (Å²) in [7, 11) is 0. The van der Waals surface area contributed by atoms with Crippen LogP contribution in [0.1, 0.15) is 73.7 Å². The van der Waals surface area contributed by atoms with Gasteiger partial charge >= 0.3 is 6.18 Å². The number of carbonyl (C=O) groups is 1. The van der Waals surface area contributed by atoms with E-state index in [0.29, 0.717) is 25.0 Å². The third-order valence-electron chi connectivity index (χ3n) is 6.57. The van der Waals surface area contributed by atoms with Gasteiger partial charge in [-0.05, 0) is 62.8 Å². The summed E-state index contributed by atoms with van der Waals surface area (Å²) in [4.78, 5) is 17.1. The molecule has 2 saturated carbocycles. The van der Waals surface area contributed by atoms with Gasteiger partial charge in [-0.15, -0.1) is 0 Å². The molecule has 1 aromatic carbocycles. The molecule has 1 aromatic heterocycles. The van der Waals surface area contributed by atoms with Crippen LogP contribution in [-0.2, 0) is 6.18 Å². The molecule has 0 aliphatic heterocycles. The van der Waals surface area contributed by atoms with Crippen LogP contribution in [0.3, 0.4) is 0 Å². The number of pyridine rings is 1. The predicted molar refractivity (Wildman–Crippen MR) is 118 cm³/mol. The van der Waals surface area contributed by atoms with Crippen molar-refractivity contribution in [2.24, 2.45) is 0 Å². The van der Waals surface area contributed by atoms with Gasteiger partial charge in [-0.1, -0.05) is 19.3 Å². The maximum Gasteiger partial charge on any atom is 0.416 e. The summed E-state index contributed by atoms with van der Waals surface area (Å²) < 4.78 is 60.8. The second-order valence-corrected chi connectivity index (χ2v) is 9.08. The average Bonchev–Trinajstić information content (AvgIpc) is 2.81. The molecule has 5 nitrogen and oxygen atoms in total. The summed E-state index contributed by atoms with van der Waals surface area (Å²) in [5, 5.41) is 12.9. The lowest BCUT2D eigenvalue weighted by molar-refractivity contribution is -0.137. The average molecular weight is 481 g/mol. The fraction of sp³-hybridized carbons (Fsp3) is 0.520. The van der Waals surface area contributed by atoms with Crippen LogP contribution in [0.25, 0.3) is 11.1 Å². The van der Waals surface area contributed by atoms with E-state index in [9.17, 15) is 27.5 Å². The number of nitrogens with zero attached hydrogens (tertiary/aromatic N) is 1. The van der Waals surface area contributed by atoms with Crippen molar-refractivity contribution in [1.29, 1.82) is 0 Å². The Balaban J connectivity index is 1.70. The first kappa shape index (κ1) is 24.4. The molecule has 4 rings (SSSR count). The summed E-state index contributed by atoms with van der Waals surface area (Å²) in [5.41, 5.74) is -1.29. The number of aliphatic hydroxyl groups excluding tert-OH is 1. The van der Waals surface area contributed by atoms with Crippen molar-refractivity contribution in [2.45, 2.75) is 82.2 Å². The summed E-state index contributed by atoms with van der Waals surface area (Å²) in [6.07, 6.45) is 3.27. The van der Waals surface area contributed by atoms with E-state index in [-0.39, 0.29) is 28.7 Å². The Hall–Kier alpha value is -2.68. The van der Waals surface area contributed by atoms with Crippen LogP contribution >= 0.6 is 0 Å². The van der Waals surface area contributed by atoms with Crippen molar-refractivity contribution < 1.29 is 32.2 Å². The molecule has 34 heavy (non-hydrogen) atoms. The van der Waals surface area contributed by atoms with E-state index in [1.807, 2.05) is 0 Å². The number of ether oxygens (including phenoxy) is 1. The van der Waals surface area contributed by atoms with Gasteiger partial charge in [-0.25, -0.2) is 9.37 Å². The highest BCUT2D eigenvalue weighted by molar-refractivity contribution is 5.95. The Morgan fingerprint density at radius 1 is 1.00 bits per heavy atom. The highest BCUT2D eigenvalue weighted by Gasteiger charge is 2.32. The van der Waals surface area contributed by atoms with Crippen LogP contribution in [0.5, 0.6) is 5.88 Å². The van der Waals surface area contributed by atoms with Crippen molar-refractivity contribution >= 4 is 5.91 Å². The van der Waals surface area contributed by atoms with E-state index in [0.717, 1.165) is 51.0 Å². The summed E-state index contributed by atoms with van der Waals surface area (Å²) in [6.45, 7) is 0. The number of aliphatic hydroxyl groups is 1. The summed E-state index contributed by atoms with van der Waals surface area (Å²) in [6, 6.07) is 3.04. The van der Waals surface area contributed by atoms with E-state index in [1.54, 1.807) is 0 Å². The number of halogens is 4. The number of aromatic nitrogens is 1. The molecule has 0 radical (unpaired) electrons. The minimum Gasteiger partial charge on any atom is -0.474 e. The molecule has 2 aromatic rings. The molecule has 0 saturated heterocycles. The van der Waals surface area contributed by atoms with Crippen molar-refractivity contribution in [1.82, 2.24) is 10.3 Å². The van der Waals surface area contributed by atoms with E-state index in [4.69, 9.17) is 4.74 Å². The van der Waals surface area contributed by atoms with E-state index >= 15 is 0 Å². The van der Waals surface area contributed by atoms with Crippen LogP contribution < -0.4 is 10.1 Å². The number of nitrogens with one attached hydrogen (secondary N) is 1. The molecule has 2 fully saturated rings. The zero-order valence-electron chi connectivity index (χ0n) is 18.7. The maximum absolute atomic E-state index is 14.8. The Bertz CT molecular complexity index is 1020. The number of hydrogen-bond donors (Lipinski definition) is 2. The number of rotatable bonds is 5. The molecule has 184 valence electrons. The molecule has 1 amide bonds. The second-order valence-electron chi connectivity index (χ2n) is 9.08. The third kappa shape index (κ3) is 5.68. The normalized spacial score (nSPS) is 21.8. The minimum absolute atomic E-state index is 0.000578. The highest BCUT2D eigenvalue weighted by Crippen LogP contribution is 2.37. The third-order valence-corrected chi connectivity index (χ3v) is 6.57. The van der Waals surface area contributed by atoms with Crippen LogP contribution in [0.4, 0.5) is 17.6 Å². The molecular weight excluding hydrogens is 452 g/mol. The van der Waals surface area contributed by atoms with Crippen LogP contribution in [0.2, 0.25) is 0 Å². The van der Waals surface area contributed by atoms with Crippen molar-refractivity contribution in [2.75, 3.05) is 0 Å². The van der Waals surface area contributed by atoms with Crippen LogP contribution in [0, 0.1) is 5.82 Å². The Labute approximate surface area is 195 Å². The zero-order chi connectivity index (χ0) is 24.3. The first-order valence-corrected chi connectivity index (χ1v) is 11.7. The monoisotopic (exact) mass is 480 g/mol. The molecule has 2 aliphatic rings. The number of benzene rings is 1. The molecule has 2 atom stereocenters. The molecule has 0 bridgehead atoms. The minimum atomic E-state index is -4.66. The smallest absolute Gasteiger partial charge is 0.416 e. The summed E-state index contributed by atoms with van der Waals surface area (Å²) in [5.74, 6) is -1.40. The first-order chi connectivity index (χ1) is 16.2. The Kier molecular flexibility index (Phi) is 7.40. The van der Waals surface area contributed by atoms with Gasteiger partial charge in [0.25, 0.3) is 5.91 Å². The van der Waals surface area contributed by atoms with Gasteiger partial charge in [0.15, 0.2) is 0 Å². The lowest BCUT2D eigenvalue weighted by Gasteiger charge is -2.28. The second kappa shape index (κ2) is 10.3. The standard InChI is InChI=1S/C25H28F4N2O3/c26-20-11-10-16(25(27,28)29)13-18(20)19-12-15(23(33)31-21-8-4-5-9-22(21)32)14-30-24(19)34-17-6-2-1-3-7-17/h10-14,17,21-22,32H,1-9H2,(H,31,33)/t21-,22-/m1/s1. The number of alkyl halides is 3. The quantitative estimate of drug-likeness (QED) is 0.543. The highest BCUT2D eigenvalue weighted by atomic mass is 19.4. The Morgan fingerprint density at radius 2 is 1.71 bits per heavy atom. The molecule has 2 aliphatic carbocycles. The predicted octanol–water partition coefficient (Wildman–Crippen LogP) is 5.65. The molecule has 1 heterocycles. The fourth-order valence-corrected chi connectivity index (χ4v) is 4.64. The topological polar surface area (TPSA) is 71.5 Å². The van der Waals surface area contributed by atoms with E-state index < -0.39 is 35.6 Å². The summed E-state index contributed by atoms with van der Waals surface area (Å²) >= 11 is 0. The number of amides is 1. The number of hydrogen-bond acceptors (Lipinski definition) is 4. The lowest BCUT2D eigenvalue weighted by atomic mass is 9.92. The van der Waals surface area contributed by atoms with Gasteiger partial charge in [-0.3, -0.25) is 4.79 Å².